The van der Waals surface area contributed by atoms with Gasteiger partial charge in [0, 0.05) is 30.9 Å². The normalized spacial score (nSPS) is 12.8. The molecule has 2 rings (SSSR count). The Morgan fingerprint density at radius 1 is 1.59 bits per heavy atom. The number of nitrogens with zero attached hydrogens (tertiary/aromatic N) is 2. The second-order valence-corrected chi connectivity index (χ2v) is 4.02. The van der Waals surface area contributed by atoms with Gasteiger partial charge >= 0.3 is 0 Å². The molecule has 0 aromatic carbocycles. The number of hydrogen-bond acceptors (Lipinski definition) is 4. The molecule has 3 N–H and O–H groups in total. The Kier molecular flexibility index (Phi) is 3.95. The van der Waals surface area contributed by atoms with Gasteiger partial charge < -0.3 is 8.98 Å². The SMILES string of the molecule is CCCn1ccnc1CC(NN)c1ccoc1. The van der Waals surface area contributed by atoms with Crippen LogP contribution in [-0.4, -0.2) is 9.55 Å². The maximum atomic E-state index is 5.58. The monoisotopic (exact) mass is 234 g/mol. The van der Waals surface area contributed by atoms with Crippen molar-refractivity contribution in [3.05, 3.63) is 42.4 Å². The second kappa shape index (κ2) is 5.65. The van der Waals surface area contributed by atoms with Gasteiger partial charge in [-0.15, -0.1) is 0 Å². The largest absolute Gasteiger partial charge is 0.472 e. The fourth-order valence-corrected chi connectivity index (χ4v) is 1.90. The highest BCUT2D eigenvalue weighted by molar-refractivity contribution is 5.13. The molecule has 0 aliphatic rings. The summed E-state index contributed by atoms with van der Waals surface area (Å²) in [5.74, 6) is 6.61. The van der Waals surface area contributed by atoms with Gasteiger partial charge in [-0.3, -0.25) is 11.3 Å². The molecule has 1 atom stereocenters. The van der Waals surface area contributed by atoms with Crippen LogP contribution in [0.1, 0.15) is 30.8 Å². The molecule has 0 saturated heterocycles. The lowest BCUT2D eigenvalue weighted by atomic mass is 10.1. The summed E-state index contributed by atoms with van der Waals surface area (Å²) in [7, 11) is 0. The van der Waals surface area contributed by atoms with Crippen molar-refractivity contribution in [2.45, 2.75) is 32.4 Å². The lowest BCUT2D eigenvalue weighted by molar-refractivity contribution is 0.504. The van der Waals surface area contributed by atoms with Crippen LogP contribution in [0.25, 0.3) is 0 Å². The summed E-state index contributed by atoms with van der Waals surface area (Å²) in [5.41, 5.74) is 3.84. The van der Waals surface area contributed by atoms with E-state index < -0.39 is 0 Å². The van der Waals surface area contributed by atoms with E-state index >= 15 is 0 Å². The Morgan fingerprint density at radius 2 is 2.47 bits per heavy atom. The van der Waals surface area contributed by atoms with E-state index in [1.807, 2.05) is 18.5 Å². The molecule has 0 fully saturated rings. The highest BCUT2D eigenvalue weighted by atomic mass is 16.3. The van der Waals surface area contributed by atoms with Gasteiger partial charge in [-0.1, -0.05) is 6.92 Å². The molecule has 2 heterocycles. The zero-order valence-corrected chi connectivity index (χ0v) is 9.97. The Hall–Kier alpha value is -1.59. The molecule has 17 heavy (non-hydrogen) atoms. The van der Waals surface area contributed by atoms with Crippen molar-refractivity contribution >= 4 is 0 Å². The van der Waals surface area contributed by atoms with Gasteiger partial charge in [0.1, 0.15) is 5.82 Å². The number of hydrogen-bond donors (Lipinski definition) is 2. The van der Waals surface area contributed by atoms with E-state index in [2.05, 4.69) is 21.9 Å². The fourth-order valence-electron chi connectivity index (χ4n) is 1.90. The first-order valence-corrected chi connectivity index (χ1v) is 5.83. The maximum Gasteiger partial charge on any atom is 0.110 e. The third kappa shape index (κ3) is 2.75. The molecule has 0 spiro atoms. The minimum atomic E-state index is 0.0340. The molecular weight excluding hydrogens is 216 g/mol. The van der Waals surface area contributed by atoms with Gasteiger partial charge in [0.05, 0.1) is 18.6 Å². The molecule has 1 unspecified atom stereocenters. The van der Waals surface area contributed by atoms with Crippen molar-refractivity contribution in [1.82, 2.24) is 15.0 Å². The van der Waals surface area contributed by atoms with Crippen LogP contribution in [0, 0.1) is 0 Å². The molecule has 0 amide bonds. The fraction of sp³-hybridized carbons (Fsp3) is 0.417. The van der Waals surface area contributed by atoms with Gasteiger partial charge in [0.2, 0.25) is 0 Å². The van der Waals surface area contributed by atoms with Crippen LogP contribution in [0.15, 0.2) is 35.4 Å². The summed E-state index contributed by atoms with van der Waals surface area (Å²) >= 11 is 0. The average molecular weight is 234 g/mol. The van der Waals surface area contributed by atoms with E-state index in [0.29, 0.717) is 0 Å². The molecule has 0 bridgehead atoms. The minimum Gasteiger partial charge on any atom is -0.472 e. The van der Waals surface area contributed by atoms with Gasteiger partial charge in [-0.2, -0.15) is 0 Å². The van der Waals surface area contributed by atoms with E-state index in [4.69, 9.17) is 10.3 Å². The standard InChI is InChI=1S/C12H18N4O/c1-2-5-16-6-4-14-12(16)8-11(15-13)10-3-7-17-9-10/h3-4,6-7,9,11,15H,2,5,8,13H2,1H3. The first-order chi connectivity index (χ1) is 8.35. The Balaban J connectivity index is 2.10. The van der Waals surface area contributed by atoms with Crippen LogP contribution in [0.4, 0.5) is 0 Å². The number of nitrogens with one attached hydrogen (secondary N) is 1. The summed E-state index contributed by atoms with van der Waals surface area (Å²) in [4.78, 5) is 4.37. The van der Waals surface area contributed by atoms with Crippen molar-refractivity contribution in [1.29, 1.82) is 0 Å². The minimum absolute atomic E-state index is 0.0340. The summed E-state index contributed by atoms with van der Waals surface area (Å²) < 4.78 is 7.23. The molecule has 0 radical (unpaired) electrons. The van der Waals surface area contributed by atoms with Crippen LogP contribution in [0.3, 0.4) is 0 Å². The predicted molar refractivity (Wildman–Crippen MR) is 65.0 cm³/mol. The zero-order valence-electron chi connectivity index (χ0n) is 9.97. The topological polar surface area (TPSA) is 69.0 Å². The molecule has 5 heteroatoms. The molecule has 2 aromatic heterocycles. The molecule has 0 aliphatic carbocycles. The second-order valence-electron chi connectivity index (χ2n) is 4.02. The van der Waals surface area contributed by atoms with E-state index in [1.165, 1.54) is 0 Å². The predicted octanol–water partition coefficient (Wildman–Crippen LogP) is 1.63. The number of nitrogens with two attached hydrogens (primary N) is 1. The molecule has 5 nitrogen and oxygen atoms in total. The van der Waals surface area contributed by atoms with E-state index in [1.54, 1.807) is 12.5 Å². The number of hydrazine groups is 1. The van der Waals surface area contributed by atoms with Crippen LogP contribution in [0.5, 0.6) is 0 Å². The van der Waals surface area contributed by atoms with Crippen molar-refractivity contribution in [3.63, 3.8) is 0 Å². The number of imidazole rings is 1. The van der Waals surface area contributed by atoms with Gasteiger partial charge in [-0.25, -0.2) is 4.98 Å². The Bertz CT molecular complexity index is 435. The van der Waals surface area contributed by atoms with Crippen LogP contribution in [-0.2, 0) is 13.0 Å². The van der Waals surface area contributed by atoms with Crippen molar-refractivity contribution in [2.24, 2.45) is 5.84 Å². The third-order valence-electron chi connectivity index (χ3n) is 2.80. The zero-order chi connectivity index (χ0) is 12.1. The van der Waals surface area contributed by atoms with Gasteiger partial charge in [0.25, 0.3) is 0 Å². The van der Waals surface area contributed by atoms with E-state index in [-0.39, 0.29) is 6.04 Å². The number of rotatable bonds is 6. The molecule has 2 aromatic rings. The Morgan fingerprint density at radius 3 is 3.12 bits per heavy atom. The Labute approximate surface area is 101 Å². The lowest BCUT2D eigenvalue weighted by Gasteiger charge is -2.14. The van der Waals surface area contributed by atoms with Crippen LogP contribution in [0.2, 0.25) is 0 Å². The summed E-state index contributed by atoms with van der Waals surface area (Å²) in [6.07, 6.45) is 9.03. The van der Waals surface area contributed by atoms with Crippen LogP contribution >= 0.6 is 0 Å². The number of furan rings is 1. The van der Waals surface area contributed by atoms with Crippen molar-refractivity contribution in [2.75, 3.05) is 0 Å². The van der Waals surface area contributed by atoms with Crippen molar-refractivity contribution in [3.8, 4) is 0 Å². The number of aryl methyl sites for hydroxylation is 1. The summed E-state index contributed by atoms with van der Waals surface area (Å²) in [6, 6.07) is 1.95. The van der Waals surface area contributed by atoms with E-state index in [9.17, 15) is 0 Å². The smallest absolute Gasteiger partial charge is 0.110 e. The molecule has 92 valence electrons. The maximum absolute atomic E-state index is 5.58. The first kappa shape index (κ1) is 11.9. The van der Waals surface area contributed by atoms with E-state index in [0.717, 1.165) is 30.8 Å². The first-order valence-electron chi connectivity index (χ1n) is 5.83. The van der Waals surface area contributed by atoms with Gasteiger partial charge in [0.15, 0.2) is 0 Å². The third-order valence-corrected chi connectivity index (χ3v) is 2.80. The van der Waals surface area contributed by atoms with Gasteiger partial charge in [-0.05, 0) is 12.5 Å². The average Bonchev–Trinajstić information content (AvgIpc) is 2.97. The highest BCUT2D eigenvalue weighted by Crippen LogP contribution is 2.17. The van der Waals surface area contributed by atoms with Crippen molar-refractivity contribution < 1.29 is 4.42 Å². The lowest BCUT2D eigenvalue weighted by Crippen LogP contribution is -2.30. The summed E-state index contributed by atoms with van der Waals surface area (Å²) in [6.45, 7) is 3.14. The number of aromatic nitrogens is 2. The quantitative estimate of drug-likeness (QED) is 0.589. The highest BCUT2D eigenvalue weighted by Gasteiger charge is 2.14. The molecule has 0 saturated carbocycles. The molecule has 0 aliphatic heterocycles. The summed E-state index contributed by atoms with van der Waals surface area (Å²) in [5, 5.41) is 0. The molecular formula is C12H18N4O. The van der Waals surface area contributed by atoms with Crippen LogP contribution < -0.4 is 11.3 Å².